The minimum Gasteiger partial charge on any atom is -0.290 e. The van der Waals surface area contributed by atoms with E-state index in [0.717, 1.165) is 26.5 Å². The number of rotatable bonds is 2. The van der Waals surface area contributed by atoms with Crippen LogP contribution in [-0.4, -0.2) is 20.6 Å². The first-order valence-corrected chi connectivity index (χ1v) is 7.44. The van der Waals surface area contributed by atoms with Crippen LogP contribution in [0.1, 0.15) is 0 Å². The normalized spacial score (nSPS) is 11.0. The van der Waals surface area contributed by atoms with E-state index < -0.39 is 0 Å². The Labute approximate surface area is 117 Å². The number of imidazole rings is 1. The molecular weight excluding hydrogens is 310 g/mol. The molecule has 3 aromatic rings. The summed E-state index contributed by atoms with van der Waals surface area (Å²) in [6.45, 7) is 0. The molecule has 18 heavy (non-hydrogen) atoms. The van der Waals surface area contributed by atoms with Gasteiger partial charge in [0.2, 0.25) is 0 Å². The first-order valence-electron chi connectivity index (χ1n) is 5.42. The molecule has 0 amide bonds. The minimum absolute atomic E-state index is 0.883. The van der Waals surface area contributed by atoms with Crippen LogP contribution < -0.4 is 0 Å². The molecule has 0 radical (unpaired) electrons. The van der Waals surface area contributed by atoms with Gasteiger partial charge in [0.25, 0.3) is 0 Å². The molecule has 5 heteroatoms. The third kappa shape index (κ3) is 1.93. The van der Waals surface area contributed by atoms with E-state index in [0.29, 0.717) is 0 Å². The maximum absolute atomic E-state index is 4.66. The monoisotopic (exact) mass is 319 g/mol. The van der Waals surface area contributed by atoms with E-state index in [1.165, 1.54) is 0 Å². The van der Waals surface area contributed by atoms with E-state index in [1.54, 1.807) is 18.0 Å². The quantitative estimate of drug-likeness (QED) is 0.671. The van der Waals surface area contributed by atoms with Gasteiger partial charge < -0.3 is 0 Å². The molecule has 0 fully saturated rings. The second-order valence-electron chi connectivity index (χ2n) is 3.78. The molecule has 0 aliphatic heterocycles. The molecule has 3 rings (SSSR count). The third-order valence-electron chi connectivity index (χ3n) is 2.68. The standard InChI is InChI=1S/C13H10BrN3S/c1-18-13-12-15-7-11(14)17(12)8-10(16-13)9-5-3-2-4-6-9/h2-8H,1H3. The zero-order valence-corrected chi connectivity index (χ0v) is 12.1. The number of halogens is 1. The van der Waals surface area contributed by atoms with Crippen molar-refractivity contribution in [3.63, 3.8) is 0 Å². The zero-order valence-electron chi connectivity index (χ0n) is 9.67. The van der Waals surface area contributed by atoms with Gasteiger partial charge in [-0.15, -0.1) is 11.8 Å². The van der Waals surface area contributed by atoms with Crippen molar-refractivity contribution in [2.24, 2.45) is 0 Å². The molecular formula is C13H10BrN3S. The molecule has 0 N–H and O–H groups in total. The average molecular weight is 320 g/mol. The van der Waals surface area contributed by atoms with Gasteiger partial charge in [-0.05, 0) is 22.2 Å². The molecule has 2 heterocycles. The highest BCUT2D eigenvalue weighted by Crippen LogP contribution is 2.26. The van der Waals surface area contributed by atoms with Crippen LogP contribution in [0.5, 0.6) is 0 Å². The molecule has 0 aliphatic carbocycles. The Balaban J connectivity index is 2.28. The highest BCUT2D eigenvalue weighted by Gasteiger charge is 2.10. The largest absolute Gasteiger partial charge is 0.290 e. The summed E-state index contributed by atoms with van der Waals surface area (Å²) in [4.78, 5) is 9.02. The minimum atomic E-state index is 0.883. The Morgan fingerprint density at radius 3 is 2.72 bits per heavy atom. The van der Waals surface area contributed by atoms with Gasteiger partial charge in [0.05, 0.1) is 11.9 Å². The molecule has 0 unspecified atom stereocenters. The summed E-state index contributed by atoms with van der Waals surface area (Å²) in [5, 5.41) is 0.932. The van der Waals surface area contributed by atoms with Crippen molar-refractivity contribution >= 4 is 33.3 Å². The molecule has 2 aromatic heterocycles. The van der Waals surface area contributed by atoms with Crippen LogP contribution in [-0.2, 0) is 0 Å². The van der Waals surface area contributed by atoms with Gasteiger partial charge in [-0.25, -0.2) is 9.97 Å². The van der Waals surface area contributed by atoms with Crippen molar-refractivity contribution in [3.05, 3.63) is 47.3 Å². The third-order valence-corrected chi connectivity index (χ3v) is 3.93. The van der Waals surface area contributed by atoms with E-state index in [9.17, 15) is 0 Å². The molecule has 3 nitrogen and oxygen atoms in total. The Kier molecular flexibility index (Phi) is 3.09. The fourth-order valence-electron chi connectivity index (χ4n) is 1.82. The van der Waals surface area contributed by atoms with Crippen molar-refractivity contribution in [1.29, 1.82) is 0 Å². The SMILES string of the molecule is CSc1nc(-c2ccccc2)cn2c(Br)cnc12. The van der Waals surface area contributed by atoms with Crippen LogP contribution in [0.15, 0.2) is 52.4 Å². The lowest BCUT2D eigenvalue weighted by Gasteiger charge is -2.06. The lowest BCUT2D eigenvalue weighted by atomic mass is 10.2. The molecule has 0 spiro atoms. The Hall–Kier alpha value is -1.33. The van der Waals surface area contributed by atoms with E-state index in [-0.39, 0.29) is 0 Å². The van der Waals surface area contributed by atoms with Crippen LogP contribution in [0, 0.1) is 0 Å². The number of fused-ring (bicyclic) bond motifs is 1. The Morgan fingerprint density at radius 1 is 1.22 bits per heavy atom. The fraction of sp³-hybridized carbons (Fsp3) is 0.0769. The van der Waals surface area contributed by atoms with Crippen LogP contribution in [0.25, 0.3) is 16.9 Å². The van der Waals surface area contributed by atoms with Crippen molar-refractivity contribution in [3.8, 4) is 11.3 Å². The summed E-state index contributed by atoms with van der Waals surface area (Å²) in [7, 11) is 0. The second-order valence-corrected chi connectivity index (χ2v) is 5.38. The first-order chi connectivity index (χ1) is 8.79. The molecule has 0 saturated carbocycles. The van der Waals surface area contributed by atoms with E-state index >= 15 is 0 Å². The average Bonchev–Trinajstić information content (AvgIpc) is 2.81. The first kappa shape index (κ1) is 11.7. The number of aromatic nitrogens is 3. The van der Waals surface area contributed by atoms with Gasteiger partial charge in [0.1, 0.15) is 9.63 Å². The number of nitrogens with zero attached hydrogens (tertiary/aromatic N) is 3. The zero-order chi connectivity index (χ0) is 12.5. The predicted octanol–water partition coefficient (Wildman–Crippen LogP) is 3.88. The van der Waals surface area contributed by atoms with Crippen molar-refractivity contribution in [2.45, 2.75) is 5.03 Å². The second kappa shape index (κ2) is 4.74. The summed E-state index contributed by atoms with van der Waals surface area (Å²) in [6.07, 6.45) is 5.81. The van der Waals surface area contributed by atoms with E-state index in [2.05, 4.69) is 38.0 Å². The summed E-state index contributed by atoms with van der Waals surface area (Å²) >= 11 is 5.11. The number of thioether (sulfide) groups is 1. The van der Waals surface area contributed by atoms with Gasteiger partial charge in [-0.3, -0.25) is 4.40 Å². The number of hydrogen-bond acceptors (Lipinski definition) is 3. The number of benzene rings is 1. The van der Waals surface area contributed by atoms with Gasteiger partial charge in [0, 0.05) is 11.8 Å². The van der Waals surface area contributed by atoms with Crippen LogP contribution in [0.4, 0.5) is 0 Å². The molecule has 1 aromatic carbocycles. The molecule has 0 bridgehead atoms. The maximum atomic E-state index is 4.66. The highest BCUT2D eigenvalue weighted by atomic mass is 79.9. The molecule has 0 atom stereocenters. The summed E-state index contributed by atoms with van der Waals surface area (Å²) in [5.74, 6) is 0. The van der Waals surface area contributed by atoms with Gasteiger partial charge in [-0.1, -0.05) is 30.3 Å². The summed E-state index contributed by atoms with van der Waals surface area (Å²) in [6, 6.07) is 10.2. The van der Waals surface area contributed by atoms with E-state index in [1.807, 2.05) is 35.1 Å². The lowest BCUT2D eigenvalue weighted by Crippen LogP contribution is -1.94. The van der Waals surface area contributed by atoms with E-state index in [4.69, 9.17) is 0 Å². The fourth-order valence-corrected chi connectivity index (χ4v) is 2.71. The predicted molar refractivity (Wildman–Crippen MR) is 77.9 cm³/mol. The van der Waals surface area contributed by atoms with Gasteiger partial charge in [-0.2, -0.15) is 0 Å². The van der Waals surface area contributed by atoms with Crippen molar-refractivity contribution < 1.29 is 0 Å². The molecule has 0 aliphatic rings. The smallest absolute Gasteiger partial charge is 0.170 e. The van der Waals surface area contributed by atoms with Crippen LogP contribution in [0.2, 0.25) is 0 Å². The lowest BCUT2D eigenvalue weighted by molar-refractivity contribution is 1.03. The van der Waals surface area contributed by atoms with Crippen molar-refractivity contribution in [1.82, 2.24) is 14.4 Å². The highest BCUT2D eigenvalue weighted by molar-refractivity contribution is 9.10. The van der Waals surface area contributed by atoms with Crippen LogP contribution in [0.3, 0.4) is 0 Å². The topological polar surface area (TPSA) is 30.2 Å². The van der Waals surface area contributed by atoms with Gasteiger partial charge >= 0.3 is 0 Å². The maximum Gasteiger partial charge on any atom is 0.170 e. The van der Waals surface area contributed by atoms with Crippen LogP contribution >= 0.6 is 27.7 Å². The molecule has 90 valence electrons. The Morgan fingerprint density at radius 2 is 2.00 bits per heavy atom. The van der Waals surface area contributed by atoms with Crippen molar-refractivity contribution in [2.75, 3.05) is 6.26 Å². The Bertz CT molecular complexity index is 694. The van der Waals surface area contributed by atoms with Gasteiger partial charge in [0.15, 0.2) is 5.65 Å². The molecule has 0 saturated heterocycles. The summed E-state index contributed by atoms with van der Waals surface area (Å²) in [5.41, 5.74) is 2.94. The summed E-state index contributed by atoms with van der Waals surface area (Å²) < 4.78 is 2.95. The number of hydrogen-bond donors (Lipinski definition) is 0.